The highest BCUT2D eigenvalue weighted by Crippen LogP contribution is 2.36. The monoisotopic (exact) mass is 285 g/mol. The first-order valence-corrected chi connectivity index (χ1v) is 7.43. The molecular formula is C21H19N. The zero-order valence-electron chi connectivity index (χ0n) is 12.4. The van der Waals surface area contributed by atoms with Gasteiger partial charge in [0.25, 0.3) is 0 Å². The minimum atomic E-state index is -0.439. The van der Waals surface area contributed by atoms with E-state index in [4.69, 9.17) is 0 Å². The van der Waals surface area contributed by atoms with E-state index in [9.17, 15) is 0 Å². The second-order valence-electron chi connectivity index (χ2n) is 5.20. The molecule has 3 aromatic carbocycles. The summed E-state index contributed by atoms with van der Waals surface area (Å²) in [6.07, 6.45) is 1.77. The van der Waals surface area contributed by atoms with Crippen molar-refractivity contribution in [1.29, 1.82) is 0 Å². The van der Waals surface area contributed by atoms with Crippen molar-refractivity contribution in [2.45, 2.75) is 5.54 Å². The van der Waals surface area contributed by atoms with Crippen molar-refractivity contribution >= 4 is 0 Å². The Hall–Kier alpha value is -2.80. The van der Waals surface area contributed by atoms with E-state index in [1.807, 2.05) is 18.2 Å². The third-order valence-electron chi connectivity index (χ3n) is 3.94. The van der Waals surface area contributed by atoms with Gasteiger partial charge in [0.05, 0.1) is 0 Å². The van der Waals surface area contributed by atoms with Gasteiger partial charge in [-0.25, -0.2) is 0 Å². The SMILES string of the molecule is C=CNC(c1ccccc1)(c1ccccc1)c1ccccc1. The number of hydrogen-bond acceptors (Lipinski definition) is 1. The van der Waals surface area contributed by atoms with Gasteiger partial charge in [-0.1, -0.05) is 97.6 Å². The van der Waals surface area contributed by atoms with Gasteiger partial charge in [-0.2, -0.15) is 0 Å². The van der Waals surface area contributed by atoms with Crippen LogP contribution in [0.2, 0.25) is 0 Å². The molecule has 3 rings (SSSR count). The molecule has 0 saturated heterocycles. The summed E-state index contributed by atoms with van der Waals surface area (Å²) >= 11 is 0. The van der Waals surface area contributed by atoms with Crippen LogP contribution in [0.25, 0.3) is 0 Å². The average Bonchev–Trinajstić information content (AvgIpc) is 2.62. The standard InChI is InChI=1S/C21H19N/c1-2-22-21(18-12-6-3-7-13-18,19-14-8-4-9-15-19)20-16-10-5-11-17-20/h2-17,22H,1H2. The van der Waals surface area contributed by atoms with Crippen LogP contribution in [0.3, 0.4) is 0 Å². The van der Waals surface area contributed by atoms with E-state index in [1.54, 1.807) is 6.20 Å². The third kappa shape index (κ3) is 2.42. The van der Waals surface area contributed by atoms with Gasteiger partial charge in [-0.3, -0.25) is 0 Å². The Morgan fingerprint density at radius 3 is 1.18 bits per heavy atom. The summed E-state index contributed by atoms with van der Waals surface area (Å²) in [4.78, 5) is 0. The highest BCUT2D eigenvalue weighted by atomic mass is 15.0. The molecule has 0 aliphatic rings. The Morgan fingerprint density at radius 1 is 0.591 bits per heavy atom. The maximum Gasteiger partial charge on any atom is 0.113 e. The first-order valence-electron chi connectivity index (χ1n) is 7.43. The van der Waals surface area contributed by atoms with E-state index >= 15 is 0 Å². The molecule has 0 saturated carbocycles. The zero-order chi connectivity index (χ0) is 15.3. The van der Waals surface area contributed by atoms with Crippen molar-refractivity contribution in [2.75, 3.05) is 0 Å². The summed E-state index contributed by atoms with van der Waals surface area (Å²) < 4.78 is 0. The smallest absolute Gasteiger partial charge is 0.113 e. The van der Waals surface area contributed by atoms with Crippen molar-refractivity contribution in [3.63, 3.8) is 0 Å². The fourth-order valence-electron chi connectivity index (χ4n) is 2.97. The largest absolute Gasteiger partial charge is 0.374 e. The molecule has 0 fully saturated rings. The van der Waals surface area contributed by atoms with Crippen LogP contribution in [0.15, 0.2) is 104 Å². The van der Waals surface area contributed by atoms with E-state index in [0.717, 1.165) is 0 Å². The molecule has 0 unspecified atom stereocenters. The molecule has 0 aromatic heterocycles. The van der Waals surface area contributed by atoms with Gasteiger partial charge in [-0.05, 0) is 22.9 Å². The van der Waals surface area contributed by atoms with E-state index in [0.29, 0.717) is 0 Å². The summed E-state index contributed by atoms with van der Waals surface area (Å²) in [5, 5.41) is 3.51. The van der Waals surface area contributed by atoms with Crippen molar-refractivity contribution in [1.82, 2.24) is 5.32 Å². The Morgan fingerprint density at radius 2 is 0.909 bits per heavy atom. The third-order valence-corrected chi connectivity index (χ3v) is 3.94. The molecule has 0 amide bonds. The Balaban J connectivity index is 2.31. The highest BCUT2D eigenvalue weighted by Gasteiger charge is 2.34. The molecule has 0 bridgehead atoms. The average molecular weight is 285 g/mol. The number of benzene rings is 3. The topological polar surface area (TPSA) is 12.0 Å². The van der Waals surface area contributed by atoms with Gasteiger partial charge in [0, 0.05) is 0 Å². The molecule has 0 atom stereocenters. The molecule has 108 valence electrons. The van der Waals surface area contributed by atoms with Crippen LogP contribution in [0, 0.1) is 0 Å². The number of rotatable bonds is 5. The fraction of sp³-hybridized carbons (Fsp3) is 0.0476. The predicted molar refractivity (Wildman–Crippen MR) is 92.5 cm³/mol. The molecule has 0 aliphatic heterocycles. The molecule has 22 heavy (non-hydrogen) atoms. The summed E-state index contributed by atoms with van der Waals surface area (Å²) in [5.74, 6) is 0. The van der Waals surface area contributed by atoms with Gasteiger partial charge < -0.3 is 5.32 Å². The van der Waals surface area contributed by atoms with Crippen molar-refractivity contribution in [3.8, 4) is 0 Å². The quantitative estimate of drug-likeness (QED) is 0.669. The van der Waals surface area contributed by atoms with Gasteiger partial charge in [-0.15, -0.1) is 0 Å². The molecular weight excluding hydrogens is 266 g/mol. The fourth-order valence-corrected chi connectivity index (χ4v) is 2.97. The first kappa shape index (κ1) is 14.2. The number of hydrogen-bond donors (Lipinski definition) is 1. The van der Waals surface area contributed by atoms with Crippen LogP contribution in [0.4, 0.5) is 0 Å². The number of nitrogens with one attached hydrogen (secondary N) is 1. The normalized spacial score (nSPS) is 10.9. The summed E-state index contributed by atoms with van der Waals surface area (Å²) in [5.41, 5.74) is 3.12. The lowest BCUT2D eigenvalue weighted by molar-refractivity contribution is 0.551. The van der Waals surface area contributed by atoms with Gasteiger partial charge in [0.1, 0.15) is 5.54 Å². The Bertz CT molecular complexity index is 621. The lowest BCUT2D eigenvalue weighted by atomic mass is 9.77. The van der Waals surface area contributed by atoms with Crippen LogP contribution in [0.1, 0.15) is 16.7 Å². The van der Waals surface area contributed by atoms with E-state index in [-0.39, 0.29) is 0 Å². The molecule has 1 heteroatoms. The van der Waals surface area contributed by atoms with Crippen molar-refractivity contribution in [3.05, 3.63) is 120 Å². The molecule has 0 heterocycles. The molecule has 1 N–H and O–H groups in total. The summed E-state index contributed by atoms with van der Waals surface area (Å²) in [6, 6.07) is 31.4. The van der Waals surface area contributed by atoms with Crippen molar-refractivity contribution in [2.24, 2.45) is 0 Å². The Labute approximate surface area is 132 Å². The molecule has 3 aromatic rings. The molecule has 1 nitrogen and oxygen atoms in total. The van der Waals surface area contributed by atoms with Crippen LogP contribution in [-0.2, 0) is 5.54 Å². The maximum atomic E-state index is 3.91. The lowest BCUT2D eigenvalue weighted by Crippen LogP contribution is -2.41. The zero-order valence-corrected chi connectivity index (χ0v) is 12.4. The molecule has 0 radical (unpaired) electrons. The molecule has 0 aliphatic carbocycles. The lowest BCUT2D eigenvalue weighted by Gasteiger charge is -2.36. The van der Waals surface area contributed by atoms with Crippen LogP contribution < -0.4 is 5.32 Å². The van der Waals surface area contributed by atoms with E-state index < -0.39 is 5.54 Å². The summed E-state index contributed by atoms with van der Waals surface area (Å²) in [7, 11) is 0. The van der Waals surface area contributed by atoms with Crippen LogP contribution >= 0.6 is 0 Å². The van der Waals surface area contributed by atoms with Gasteiger partial charge in [0.15, 0.2) is 0 Å². The Kier molecular flexibility index (Phi) is 4.06. The van der Waals surface area contributed by atoms with Gasteiger partial charge >= 0.3 is 0 Å². The minimum absolute atomic E-state index is 0.439. The first-order chi connectivity index (χ1) is 10.9. The summed E-state index contributed by atoms with van der Waals surface area (Å²) in [6.45, 7) is 3.91. The van der Waals surface area contributed by atoms with Crippen LogP contribution in [-0.4, -0.2) is 0 Å². The maximum absolute atomic E-state index is 3.91. The van der Waals surface area contributed by atoms with Gasteiger partial charge in [0.2, 0.25) is 0 Å². The van der Waals surface area contributed by atoms with Crippen LogP contribution in [0.5, 0.6) is 0 Å². The van der Waals surface area contributed by atoms with E-state index in [2.05, 4.69) is 84.7 Å². The molecule has 0 spiro atoms. The second kappa shape index (κ2) is 6.31. The second-order valence-corrected chi connectivity index (χ2v) is 5.20. The van der Waals surface area contributed by atoms with E-state index in [1.165, 1.54) is 16.7 Å². The highest BCUT2D eigenvalue weighted by molar-refractivity contribution is 5.49. The minimum Gasteiger partial charge on any atom is -0.374 e. The predicted octanol–water partition coefficient (Wildman–Crippen LogP) is 4.71. The van der Waals surface area contributed by atoms with Crippen molar-refractivity contribution < 1.29 is 0 Å².